The third-order valence-corrected chi connectivity index (χ3v) is 4.59. The number of nitro groups is 1. The first-order chi connectivity index (χ1) is 12.0. The zero-order valence-electron chi connectivity index (χ0n) is 13.6. The van der Waals surface area contributed by atoms with E-state index in [1.54, 1.807) is 12.1 Å². The largest absolute Gasteiger partial charge is 0.372 e. The second-order valence-electron chi connectivity index (χ2n) is 5.97. The number of hydrogen-bond donors (Lipinski definition) is 1. The number of nitro benzene ring substituents is 1. The van der Waals surface area contributed by atoms with Crippen LogP contribution in [-0.2, 0) is 0 Å². The summed E-state index contributed by atoms with van der Waals surface area (Å²) in [5.74, 6) is -0.354. The van der Waals surface area contributed by atoms with Gasteiger partial charge in [-0.2, -0.15) is 0 Å². The molecular formula is C18H18ClN3O3. The minimum absolute atomic E-state index is 0.125. The third-order valence-electron chi connectivity index (χ3n) is 4.26. The lowest BCUT2D eigenvalue weighted by Gasteiger charge is -2.28. The Hall–Kier alpha value is -2.60. The summed E-state index contributed by atoms with van der Waals surface area (Å²) in [5, 5.41) is 13.7. The quantitative estimate of drug-likeness (QED) is 0.644. The Bertz CT molecular complexity index is 787. The van der Waals surface area contributed by atoms with E-state index >= 15 is 0 Å². The maximum Gasteiger partial charge on any atom is 0.271 e. The van der Waals surface area contributed by atoms with Crippen LogP contribution in [0.3, 0.4) is 0 Å². The van der Waals surface area contributed by atoms with Crippen LogP contribution in [0.4, 0.5) is 17.1 Å². The first-order valence-electron chi connectivity index (χ1n) is 8.15. The van der Waals surface area contributed by atoms with Crippen molar-refractivity contribution >= 4 is 34.6 Å². The molecule has 1 heterocycles. The molecule has 0 atom stereocenters. The van der Waals surface area contributed by atoms with Gasteiger partial charge in [-0.3, -0.25) is 14.9 Å². The van der Waals surface area contributed by atoms with E-state index in [0.29, 0.717) is 5.56 Å². The summed E-state index contributed by atoms with van der Waals surface area (Å²) in [6, 6.07) is 11.3. The summed E-state index contributed by atoms with van der Waals surface area (Å²) in [6.45, 7) is 2.07. The van der Waals surface area contributed by atoms with Crippen LogP contribution >= 0.6 is 11.6 Å². The van der Waals surface area contributed by atoms with Gasteiger partial charge < -0.3 is 10.2 Å². The molecule has 1 aliphatic heterocycles. The number of piperidine rings is 1. The second-order valence-corrected chi connectivity index (χ2v) is 6.38. The van der Waals surface area contributed by atoms with Crippen LogP contribution in [0, 0.1) is 10.1 Å². The fourth-order valence-electron chi connectivity index (χ4n) is 2.89. The predicted octanol–water partition coefficient (Wildman–Crippen LogP) is 4.49. The molecule has 6 nitrogen and oxygen atoms in total. The van der Waals surface area contributed by atoms with Gasteiger partial charge in [0.05, 0.1) is 15.6 Å². The fourth-order valence-corrected chi connectivity index (χ4v) is 3.06. The van der Waals surface area contributed by atoms with Crippen molar-refractivity contribution < 1.29 is 9.72 Å². The van der Waals surface area contributed by atoms with Crippen molar-refractivity contribution in [3.05, 3.63) is 63.2 Å². The highest BCUT2D eigenvalue weighted by molar-refractivity contribution is 6.34. The van der Waals surface area contributed by atoms with Crippen molar-refractivity contribution in [1.82, 2.24) is 0 Å². The van der Waals surface area contributed by atoms with E-state index in [2.05, 4.69) is 10.2 Å². The number of benzene rings is 2. The molecular weight excluding hydrogens is 342 g/mol. The van der Waals surface area contributed by atoms with E-state index in [0.717, 1.165) is 18.8 Å². The molecule has 0 radical (unpaired) electrons. The normalized spacial score (nSPS) is 14.2. The lowest BCUT2D eigenvalue weighted by Crippen LogP contribution is -2.29. The molecule has 1 N–H and O–H groups in total. The number of nitrogens with zero attached hydrogens (tertiary/aromatic N) is 2. The highest BCUT2D eigenvalue weighted by Crippen LogP contribution is 2.27. The Balaban J connectivity index is 1.73. The smallest absolute Gasteiger partial charge is 0.271 e. The maximum absolute atomic E-state index is 12.4. The molecule has 0 bridgehead atoms. The summed E-state index contributed by atoms with van der Waals surface area (Å²) >= 11 is 6.02. The van der Waals surface area contributed by atoms with Crippen molar-refractivity contribution in [1.29, 1.82) is 0 Å². The number of rotatable bonds is 4. The summed E-state index contributed by atoms with van der Waals surface area (Å²) in [7, 11) is 0. The van der Waals surface area contributed by atoms with Gasteiger partial charge in [-0.15, -0.1) is 0 Å². The molecule has 0 unspecified atom stereocenters. The minimum Gasteiger partial charge on any atom is -0.372 e. The predicted molar refractivity (Wildman–Crippen MR) is 98.6 cm³/mol. The Labute approximate surface area is 150 Å². The van der Waals surface area contributed by atoms with Gasteiger partial charge in [0.2, 0.25) is 0 Å². The molecule has 1 saturated heterocycles. The Morgan fingerprint density at radius 1 is 1.08 bits per heavy atom. The van der Waals surface area contributed by atoms with E-state index < -0.39 is 4.92 Å². The molecule has 3 rings (SSSR count). The highest BCUT2D eigenvalue weighted by Gasteiger charge is 2.15. The third kappa shape index (κ3) is 4.09. The van der Waals surface area contributed by atoms with Crippen molar-refractivity contribution in [2.24, 2.45) is 0 Å². The van der Waals surface area contributed by atoms with Gasteiger partial charge in [0.1, 0.15) is 0 Å². The van der Waals surface area contributed by atoms with E-state index in [9.17, 15) is 14.9 Å². The number of non-ortho nitro benzene ring substituents is 1. The average Bonchev–Trinajstić information content (AvgIpc) is 2.64. The van der Waals surface area contributed by atoms with Gasteiger partial charge in [-0.05, 0) is 49.6 Å². The van der Waals surface area contributed by atoms with Crippen LogP contribution in [0.2, 0.25) is 5.02 Å². The lowest BCUT2D eigenvalue weighted by atomic mass is 10.1. The van der Waals surface area contributed by atoms with Gasteiger partial charge in [-0.1, -0.05) is 11.6 Å². The first-order valence-corrected chi connectivity index (χ1v) is 8.53. The number of nitrogens with one attached hydrogen (secondary N) is 1. The second kappa shape index (κ2) is 7.53. The van der Waals surface area contributed by atoms with Gasteiger partial charge in [0, 0.05) is 36.5 Å². The van der Waals surface area contributed by atoms with E-state index in [1.165, 1.54) is 37.5 Å². The van der Waals surface area contributed by atoms with Crippen LogP contribution in [-0.4, -0.2) is 23.9 Å². The molecule has 25 heavy (non-hydrogen) atoms. The van der Waals surface area contributed by atoms with E-state index in [-0.39, 0.29) is 22.3 Å². The number of hydrogen-bond acceptors (Lipinski definition) is 4. The summed E-state index contributed by atoms with van der Waals surface area (Å²) < 4.78 is 0. The van der Waals surface area contributed by atoms with Gasteiger partial charge in [-0.25, -0.2) is 0 Å². The maximum atomic E-state index is 12.4. The van der Waals surface area contributed by atoms with Crippen molar-refractivity contribution in [2.75, 3.05) is 23.3 Å². The van der Waals surface area contributed by atoms with Crippen LogP contribution in [0.25, 0.3) is 0 Å². The number of amides is 1. The van der Waals surface area contributed by atoms with E-state index in [4.69, 9.17) is 11.6 Å². The molecule has 2 aromatic carbocycles. The minimum atomic E-state index is -0.528. The molecule has 1 aliphatic rings. The Morgan fingerprint density at radius 3 is 2.40 bits per heavy atom. The van der Waals surface area contributed by atoms with Crippen molar-refractivity contribution in [3.63, 3.8) is 0 Å². The number of carbonyl (C=O) groups excluding carboxylic acids is 1. The number of anilines is 2. The zero-order chi connectivity index (χ0) is 17.8. The lowest BCUT2D eigenvalue weighted by molar-refractivity contribution is -0.384. The van der Waals surface area contributed by atoms with Crippen molar-refractivity contribution in [3.8, 4) is 0 Å². The number of carbonyl (C=O) groups is 1. The molecule has 1 amide bonds. The SMILES string of the molecule is O=C(Nc1cc([N+](=O)[O-])ccc1Cl)c1ccc(N2CCCCC2)cc1. The van der Waals surface area contributed by atoms with Gasteiger partial charge >= 0.3 is 0 Å². The molecule has 7 heteroatoms. The molecule has 2 aromatic rings. The Morgan fingerprint density at radius 2 is 1.76 bits per heavy atom. The fraction of sp³-hybridized carbons (Fsp3) is 0.278. The molecule has 1 fully saturated rings. The number of halogens is 1. The average molecular weight is 360 g/mol. The molecule has 0 aromatic heterocycles. The van der Waals surface area contributed by atoms with Gasteiger partial charge in [0.25, 0.3) is 11.6 Å². The summed E-state index contributed by atoms with van der Waals surface area (Å²) in [6.07, 6.45) is 3.64. The first kappa shape index (κ1) is 17.2. The standard InChI is InChI=1S/C18H18ClN3O3/c19-16-9-8-15(22(24)25)12-17(16)20-18(23)13-4-6-14(7-5-13)21-10-2-1-3-11-21/h4-9,12H,1-3,10-11H2,(H,20,23). The highest BCUT2D eigenvalue weighted by atomic mass is 35.5. The molecule has 0 saturated carbocycles. The van der Waals surface area contributed by atoms with Crippen LogP contribution in [0.15, 0.2) is 42.5 Å². The van der Waals surface area contributed by atoms with Crippen molar-refractivity contribution in [2.45, 2.75) is 19.3 Å². The van der Waals surface area contributed by atoms with E-state index in [1.807, 2.05) is 12.1 Å². The van der Waals surface area contributed by atoms with Gasteiger partial charge in [0.15, 0.2) is 0 Å². The summed E-state index contributed by atoms with van der Waals surface area (Å²) in [4.78, 5) is 25.0. The Kier molecular flexibility index (Phi) is 5.19. The molecule has 0 spiro atoms. The van der Waals surface area contributed by atoms with Crippen LogP contribution in [0.5, 0.6) is 0 Å². The molecule has 130 valence electrons. The molecule has 0 aliphatic carbocycles. The zero-order valence-corrected chi connectivity index (χ0v) is 14.3. The topological polar surface area (TPSA) is 75.5 Å². The van der Waals surface area contributed by atoms with Crippen LogP contribution in [0.1, 0.15) is 29.6 Å². The monoisotopic (exact) mass is 359 g/mol. The summed E-state index contributed by atoms with van der Waals surface area (Å²) in [5.41, 5.74) is 1.68. The van der Waals surface area contributed by atoms with Crippen LogP contribution < -0.4 is 10.2 Å².